The summed E-state index contributed by atoms with van der Waals surface area (Å²) in [7, 11) is 3.99. The van der Waals surface area contributed by atoms with Crippen LogP contribution in [-0.2, 0) is 11.2 Å². The van der Waals surface area contributed by atoms with Gasteiger partial charge in [-0.15, -0.1) is 11.3 Å². The van der Waals surface area contributed by atoms with Crippen molar-refractivity contribution in [3.05, 3.63) is 22.4 Å². The number of hydrogen-bond donors (Lipinski definition) is 1. The van der Waals surface area contributed by atoms with E-state index in [1.54, 1.807) is 7.11 Å². The van der Waals surface area contributed by atoms with Crippen molar-refractivity contribution in [1.82, 2.24) is 10.2 Å². The molecule has 1 rings (SSSR count). The molecule has 1 aromatic heterocycles. The Balaban J connectivity index is 2.46. The number of hydrogen-bond acceptors (Lipinski definition) is 4. The van der Waals surface area contributed by atoms with E-state index in [0.717, 1.165) is 26.1 Å². The third-order valence-electron chi connectivity index (χ3n) is 3.51. The van der Waals surface area contributed by atoms with Crippen molar-refractivity contribution in [2.45, 2.75) is 38.8 Å². The van der Waals surface area contributed by atoms with Gasteiger partial charge < -0.3 is 10.1 Å². The van der Waals surface area contributed by atoms with Gasteiger partial charge in [0.2, 0.25) is 0 Å². The molecule has 0 bridgehead atoms. The Morgan fingerprint density at radius 1 is 1.47 bits per heavy atom. The van der Waals surface area contributed by atoms with E-state index in [-0.39, 0.29) is 0 Å². The van der Waals surface area contributed by atoms with Crippen LogP contribution in [0.1, 0.15) is 25.1 Å². The SMILES string of the molecule is CCCNCC(COC)N(C)C(C)Cc1cccs1. The summed E-state index contributed by atoms with van der Waals surface area (Å²) in [6, 6.07) is 5.31. The maximum atomic E-state index is 5.36. The smallest absolute Gasteiger partial charge is 0.0630 e. The van der Waals surface area contributed by atoms with Crippen molar-refractivity contribution >= 4 is 11.3 Å². The molecule has 0 aromatic carbocycles. The minimum Gasteiger partial charge on any atom is -0.383 e. The Labute approximate surface area is 122 Å². The third-order valence-corrected chi connectivity index (χ3v) is 4.41. The molecular weight excluding hydrogens is 256 g/mol. The van der Waals surface area contributed by atoms with Gasteiger partial charge in [-0.05, 0) is 44.8 Å². The van der Waals surface area contributed by atoms with Gasteiger partial charge in [0.15, 0.2) is 0 Å². The lowest BCUT2D eigenvalue weighted by Gasteiger charge is -2.33. The molecule has 19 heavy (non-hydrogen) atoms. The zero-order valence-corrected chi connectivity index (χ0v) is 13.5. The summed E-state index contributed by atoms with van der Waals surface area (Å²) in [5.41, 5.74) is 0. The van der Waals surface area contributed by atoms with E-state index in [4.69, 9.17) is 4.74 Å². The molecule has 0 spiro atoms. The molecule has 110 valence electrons. The van der Waals surface area contributed by atoms with Crippen molar-refractivity contribution in [2.75, 3.05) is 33.9 Å². The fourth-order valence-electron chi connectivity index (χ4n) is 2.18. The van der Waals surface area contributed by atoms with Gasteiger partial charge in [-0.1, -0.05) is 13.0 Å². The van der Waals surface area contributed by atoms with E-state index >= 15 is 0 Å². The minimum atomic E-state index is 0.437. The summed E-state index contributed by atoms with van der Waals surface area (Å²) in [4.78, 5) is 3.89. The van der Waals surface area contributed by atoms with Crippen molar-refractivity contribution < 1.29 is 4.74 Å². The molecule has 2 unspecified atom stereocenters. The highest BCUT2D eigenvalue weighted by Gasteiger charge is 2.19. The summed E-state index contributed by atoms with van der Waals surface area (Å²) in [6.45, 7) is 7.34. The highest BCUT2D eigenvalue weighted by Crippen LogP contribution is 2.15. The molecule has 1 heterocycles. The van der Waals surface area contributed by atoms with Crippen LogP contribution >= 0.6 is 11.3 Å². The van der Waals surface area contributed by atoms with Gasteiger partial charge in [-0.3, -0.25) is 4.90 Å². The van der Waals surface area contributed by atoms with E-state index in [9.17, 15) is 0 Å². The molecule has 1 N–H and O–H groups in total. The predicted molar refractivity (Wildman–Crippen MR) is 84.1 cm³/mol. The highest BCUT2D eigenvalue weighted by molar-refractivity contribution is 7.09. The van der Waals surface area contributed by atoms with Crippen LogP contribution in [0.2, 0.25) is 0 Å². The molecule has 0 aliphatic carbocycles. The first kappa shape index (κ1) is 16.6. The van der Waals surface area contributed by atoms with Gasteiger partial charge in [-0.25, -0.2) is 0 Å². The van der Waals surface area contributed by atoms with Crippen LogP contribution in [-0.4, -0.2) is 50.8 Å². The standard InChI is InChI=1S/C15H28N2OS/c1-5-8-16-11-14(12-18-4)17(3)13(2)10-15-7-6-9-19-15/h6-7,9,13-14,16H,5,8,10-12H2,1-4H3. The largest absolute Gasteiger partial charge is 0.383 e. The molecule has 0 saturated carbocycles. The van der Waals surface area contributed by atoms with E-state index < -0.39 is 0 Å². The Kier molecular flexibility index (Phi) is 8.30. The molecule has 0 aliphatic rings. The van der Waals surface area contributed by atoms with E-state index in [1.807, 2.05) is 11.3 Å². The quantitative estimate of drug-likeness (QED) is 0.669. The van der Waals surface area contributed by atoms with Crippen LogP contribution in [0, 0.1) is 0 Å². The van der Waals surface area contributed by atoms with Gasteiger partial charge >= 0.3 is 0 Å². The van der Waals surface area contributed by atoms with E-state index in [0.29, 0.717) is 12.1 Å². The van der Waals surface area contributed by atoms with Crippen molar-refractivity contribution in [3.63, 3.8) is 0 Å². The molecule has 0 saturated heterocycles. The number of nitrogens with one attached hydrogen (secondary N) is 1. The molecule has 2 atom stereocenters. The Hall–Kier alpha value is -0.420. The summed E-state index contributed by atoms with van der Waals surface area (Å²) in [5, 5.41) is 5.65. The molecular formula is C15H28N2OS. The number of ether oxygens (including phenoxy) is 1. The number of likely N-dealkylation sites (N-methyl/N-ethyl adjacent to an activating group) is 1. The van der Waals surface area contributed by atoms with Gasteiger partial charge in [0.05, 0.1) is 6.61 Å². The summed E-state index contributed by atoms with van der Waals surface area (Å²) in [6.07, 6.45) is 2.29. The maximum absolute atomic E-state index is 5.36. The van der Waals surface area contributed by atoms with Crippen LogP contribution in [0.4, 0.5) is 0 Å². The molecule has 3 nitrogen and oxygen atoms in total. The topological polar surface area (TPSA) is 24.5 Å². The molecule has 0 aliphatic heterocycles. The van der Waals surface area contributed by atoms with E-state index in [2.05, 4.69) is 48.6 Å². The zero-order chi connectivity index (χ0) is 14.1. The first-order valence-corrected chi connectivity index (χ1v) is 8.01. The maximum Gasteiger partial charge on any atom is 0.0630 e. The van der Waals surface area contributed by atoms with Gasteiger partial charge in [-0.2, -0.15) is 0 Å². The normalized spacial score (nSPS) is 14.8. The highest BCUT2D eigenvalue weighted by atomic mass is 32.1. The van der Waals surface area contributed by atoms with Crippen LogP contribution in [0.5, 0.6) is 0 Å². The summed E-state index contributed by atoms with van der Waals surface area (Å²) in [5.74, 6) is 0. The fourth-order valence-corrected chi connectivity index (χ4v) is 3.01. The fraction of sp³-hybridized carbons (Fsp3) is 0.733. The number of methoxy groups -OCH3 is 1. The Morgan fingerprint density at radius 2 is 2.26 bits per heavy atom. The second kappa shape index (κ2) is 9.48. The average Bonchev–Trinajstić information content (AvgIpc) is 2.90. The van der Waals surface area contributed by atoms with Gasteiger partial charge in [0.25, 0.3) is 0 Å². The van der Waals surface area contributed by atoms with Crippen molar-refractivity contribution in [2.24, 2.45) is 0 Å². The predicted octanol–water partition coefficient (Wildman–Crippen LogP) is 2.63. The van der Waals surface area contributed by atoms with Gasteiger partial charge in [0, 0.05) is 30.6 Å². The number of nitrogens with zero attached hydrogens (tertiary/aromatic N) is 1. The Morgan fingerprint density at radius 3 is 2.84 bits per heavy atom. The average molecular weight is 284 g/mol. The molecule has 0 amide bonds. The molecule has 1 aromatic rings. The molecule has 4 heteroatoms. The second-order valence-electron chi connectivity index (χ2n) is 5.11. The summed E-state index contributed by atoms with van der Waals surface area (Å²) < 4.78 is 5.36. The van der Waals surface area contributed by atoms with E-state index in [1.165, 1.54) is 11.3 Å². The monoisotopic (exact) mass is 284 g/mol. The first-order chi connectivity index (χ1) is 9.19. The lowest BCUT2D eigenvalue weighted by Crippen LogP contribution is -2.47. The number of rotatable bonds is 10. The molecule has 0 radical (unpaired) electrons. The van der Waals surface area contributed by atoms with Crippen LogP contribution in [0.3, 0.4) is 0 Å². The third kappa shape index (κ3) is 6.04. The van der Waals surface area contributed by atoms with Gasteiger partial charge in [0.1, 0.15) is 0 Å². The minimum absolute atomic E-state index is 0.437. The Bertz CT molecular complexity index is 316. The van der Waals surface area contributed by atoms with Crippen LogP contribution < -0.4 is 5.32 Å². The lowest BCUT2D eigenvalue weighted by molar-refractivity contribution is 0.0840. The second-order valence-corrected chi connectivity index (χ2v) is 6.14. The summed E-state index contributed by atoms with van der Waals surface area (Å²) >= 11 is 1.84. The zero-order valence-electron chi connectivity index (χ0n) is 12.7. The van der Waals surface area contributed by atoms with Crippen LogP contribution in [0.15, 0.2) is 17.5 Å². The number of thiophene rings is 1. The van der Waals surface area contributed by atoms with Crippen molar-refractivity contribution in [1.29, 1.82) is 0 Å². The first-order valence-electron chi connectivity index (χ1n) is 7.13. The van der Waals surface area contributed by atoms with Crippen molar-refractivity contribution in [3.8, 4) is 0 Å². The lowest BCUT2D eigenvalue weighted by atomic mass is 10.1. The van der Waals surface area contributed by atoms with Crippen LogP contribution in [0.25, 0.3) is 0 Å². The molecule has 0 fully saturated rings.